The second kappa shape index (κ2) is 9.85. The van der Waals surface area contributed by atoms with Gasteiger partial charge in [0.25, 0.3) is 5.91 Å². The van der Waals surface area contributed by atoms with Gasteiger partial charge >= 0.3 is 0 Å². The lowest BCUT2D eigenvalue weighted by Gasteiger charge is -2.32. The Morgan fingerprint density at radius 2 is 2.00 bits per heavy atom. The van der Waals surface area contributed by atoms with Crippen molar-refractivity contribution in [2.45, 2.75) is 32.4 Å². The Morgan fingerprint density at radius 1 is 1.19 bits per heavy atom. The van der Waals surface area contributed by atoms with Gasteiger partial charge in [0.05, 0.1) is 18.8 Å². The number of rotatable bonds is 7. The van der Waals surface area contributed by atoms with Crippen LogP contribution in [0.2, 0.25) is 0 Å². The SMILES string of the molecule is Cc1ccccc1-c1ccc(CN2CCC[C@H](n3cc(C(=O)NCCO)nn3)C2)cc1. The van der Waals surface area contributed by atoms with Gasteiger partial charge in [-0.05, 0) is 48.6 Å². The number of hydrogen-bond acceptors (Lipinski definition) is 5. The van der Waals surface area contributed by atoms with E-state index in [2.05, 4.69) is 76.0 Å². The molecule has 7 heteroatoms. The van der Waals surface area contributed by atoms with Gasteiger partial charge in [0.2, 0.25) is 0 Å². The zero-order valence-electron chi connectivity index (χ0n) is 17.9. The first-order valence-corrected chi connectivity index (χ1v) is 10.8. The lowest BCUT2D eigenvalue weighted by Crippen LogP contribution is -2.36. The molecule has 4 rings (SSSR count). The Kier molecular flexibility index (Phi) is 6.74. The molecule has 162 valence electrons. The maximum Gasteiger partial charge on any atom is 0.273 e. The molecule has 31 heavy (non-hydrogen) atoms. The van der Waals surface area contributed by atoms with Gasteiger partial charge in [0.15, 0.2) is 5.69 Å². The van der Waals surface area contributed by atoms with Crippen LogP contribution in [0.15, 0.2) is 54.7 Å². The van der Waals surface area contributed by atoms with E-state index in [1.807, 2.05) is 0 Å². The number of benzene rings is 2. The molecule has 1 fully saturated rings. The molecule has 1 saturated heterocycles. The van der Waals surface area contributed by atoms with Gasteiger partial charge in [-0.25, -0.2) is 4.68 Å². The molecule has 1 amide bonds. The number of amides is 1. The molecule has 0 aliphatic carbocycles. The summed E-state index contributed by atoms with van der Waals surface area (Å²) in [6.45, 7) is 5.08. The van der Waals surface area contributed by atoms with Crippen LogP contribution in [0.4, 0.5) is 0 Å². The van der Waals surface area contributed by atoms with Gasteiger partial charge in [-0.15, -0.1) is 5.10 Å². The van der Waals surface area contributed by atoms with Crippen molar-refractivity contribution in [1.29, 1.82) is 0 Å². The minimum atomic E-state index is -0.304. The number of aryl methyl sites for hydroxylation is 1. The Hall–Kier alpha value is -3.03. The normalized spacial score (nSPS) is 16.9. The summed E-state index contributed by atoms with van der Waals surface area (Å²) >= 11 is 0. The number of aromatic nitrogens is 3. The van der Waals surface area contributed by atoms with Gasteiger partial charge in [0, 0.05) is 19.6 Å². The van der Waals surface area contributed by atoms with Crippen molar-refractivity contribution in [3.8, 4) is 11.1 Å². The first-order valence-electron chi connectivity index (χ1n) is 10.8. The number of piperidine rings is 1. The lowest BCUT2D eigenvalue weighted by molar-refractivity contribution is 0.0939. The third-order valence-electron chi connectivity index (χ3n) is 5.81. The lowest BCUT2D eigenvalue weighted by atomic mass is 9.99. The van der Waals surface area contributed by atoms with Crippen molar-refractivity contribution in [2.75, 3.05) is 26.2 Å². The van der Waals surface area contributed by atoms with E-state index in [1.165, 1.54) is 22.3 Å². The second-order valence-corrected chi connectivity index (χ2v) is 8.11. The fourth-order valence-corrected chi connectivity index (χ4v) is 4.15. The monoisotopic (exact) mass is 419 g/mol. The topological polar surface area (TPSA) is 83.3 Å². The number of nitrogens with one attached hydrogen (secondary N) is 1. The van der Waals surface area contributed by atoms with Crippen LogP contribution in [-0.4, -0.2) is 57.1 Å². The highest BCUT2D eigenvalue weighted by atomic mass is 16.3. The van der Waals surface area contributed by atoms with Crippen molar-refractivity contribution in [3.05, 3.63) is 71.5 Å². The van der Waals surface area contributed by atoms with Crippen molar-refractivity contribution < 1.29 is 9.90 Å². The largest absolute Gasteiger partial charge is 0.395 e. The molecule has 1 aliphatic heterocycles. The third kappa shape index (κ3) is 5.18. The van der Waals surface area contributed by atoms with Crippen LogP contribution in [0, 0.1) is 6.92 Å². The molecule has 1 aliphatic rings. The summed E-state index contributed by atoms with van der Waals surface area (Å²) in [6, 6.07) is 17.5. The maximum absolute atomic E-state index is 12.0. The van der Waals surface area contributed by atoms with Crippen LogP contribution in [0.25, 0.3) is 11.1 Å². The van der Waals surface area contributed by atoms with Crippen molar-refractivity contribution in [3.63, 3.8) is 0 Å². The van der Waals surface area contributed by atoms with Crippen LogP contribution in [0.1, 0.15) is 40.5 Å². The molecule has 0 saturated carbocycles. The molecule has 3 aromatic rings. The van der Waals surface area contributed by atoms with E-state index in [-0.39, 0.29) is 30.8 Å². The van der Waals surface area contributed by atoms with Crippen molar-refractivity contribution in [1.82, 2.24) is 25.2 Å². The summed E-state index contributed by atoms with van der Waals surface area (Å²) in [5, 5.41) is 19.6. The standard InChI is InChI=1S/C24H29N5O2/c1-18-5-2-3-7-22(18)20-10-8-19(9-11-20)15-28-13-4-6-21(16-28)29-17-23(26-27-29)24(31)25-12-14-30/h2-3,5,7-11,17,21,30H,4,6,12-16H2,1H3,(H,25,31)/t21-/m0/s1. The van der Waals surface area contributed by atoms with Crippen molar-refractivity contribution in [2.24, 2.45) is 0 Å². The molecule has 1 atom stereocenters. The molecule has 0 bridgehead atoms. The minimum absolute atomic E-state index is 0.0939. The van der Waals surface area contributed by atoms with E-state index in [9.17, 15) is 4.79 Å². The Morgan fingerprint density at radius 3 is 2.77 bits per heavy atom. The predicted octanol–water partition coefficient (Wildman–Crippen LogP) is 2.81. The smallest absolute Gasteiger partial charge is 0.273 e. The van der Waals surface area contributed by atoms with Crippen LogP contribution < -0.4 is 5.32 Å². The first kappa shape index (κ1) is 21.2. The van der Waals surface area contributed by atoms with Gasteiger partial charge in [-0.2, -0.15) is 0 Å². The second-order valence-electron chi connectivity index (χ2n) is 8.11. The number of aliphatic hydroxyl groups excluding tert-OH is 1. The van der Waals surface area contributed by atoms with E-state index in [1.54, 1.807) is 10.9 Å². The average Bonchev–Trinajstić information content (AvgIpc) is 3.29. The van der Waals surface area contributed by atoms with Crippen LogP contribution in [0.3, 0.4) is 0 Å². The number of carbonyl (C=O) groups is 1. The van der Waals surface area contributed by atoms with Crippen molar-refractivity contribution >= 4 is 5.91 Å². The van der Waals surface area contributed by atoms with Crippen LogP contribution in [-0.2, 0) is 6.54 Å². The highest BCUT2D eigenvalue weighted by Crippen LogP contribution is 2.25. The van der Waals surface area contributed by atoms with Gasteiger partial charge in [-0.3, -0.25) is 9.69 Å². The highest BCUT2D eigenvalue weighted by Gasteiger charge is 2.23. The molecule has 2 aromatic carbocycles. The fourth-order valence-electron chi connectivity index (χ4n) is 4.15. The summed E-state index contributed by atoms with van der Waals surface area (Å²) in [4.78, 5) is 14.4. The third-order valence-corrected chi connectivity index (χ3v) is 5.81. The summed E-state index contributed by atoms with van der Waals surface area (Å²) in [7, 11) is 0. The van der Waals surface area contributed by atoms with Gasteiger partial charge in [0.1, 0.15) is 0 Å². The highest BCUT2D eigenvalue weighted by molar-refractivity contribution is 5.91. The predicted molar refractivity (Wildman–Crippen MR) is 120 cm³/mol. The summed E-state index contributed by atoms with van der Waals surface area (Å²) < 4.78 is 1.81. The number of nitrogens with zero attached hydrogens (tertiary/aromatic N) is 4. The van der Waals surface area contributed by atoms with Gasteiger partial charge < -0.3 is 10.4 Å². The molecule has 7 nitrogen and oxygen atoms in total. The Bertz CT molecular complexity index is 1010. The number of aliphatic hydroxyl groups is 1. The molecule has 0 radical (unpaired) electrons. The number of carbonyl (C=O) groups excluding carboxylic acids is 1. The zero-order chi connectivity index (χ0) is 21.6. The molecule has 2 heterocycles. The number of likely N-dealkylation sites (tertiary alicyclic amines) is 1. The quantitative estimate of drug-likeness (QED) is 0.615. The fraction of sp³-hybridized carbons (Fsp3) is 0.375. The molecule has 2 N–H and O–H groups in total. The Labute approximate surface area is 182 Å². The maximum atomic E-state index is 12.0. The zero-order valence-corrected chi connectivity index (χ0v) is 17.9. The minimum Gasteiger partial charge on any atom is -0.395 e. The summed E-state index contributed by atoms with van der Waals surface area (Å²) in [5.74, 6) is -0.304. The molecule has 0 spiro atoms. The molecular formula is C24H29N5O2. The van der Waals surface area contributed by atoms with E-state index in [4.69, 9.17) is 5.11 Å². The van der Waals surface area contributed by atoms with Gasteiger partial charge in [-0.1, -0.05) is 53.7 Å². The molecular weight excluding hydrogens is 390 g/mol. The average molecular weight is 420 g/mol. The Balaban J connectivity index is 1.38. The van der Waals surface area contributed by atoms with E-state index >= 15 is 0 Å². The van der Waals surface area contributed by atoms with E-state index in [0.717, 1.165) is 32.5 Å². The summed E-state index contributed by atoms with van der Waals surface area (Å²) in [6.07, 6.45) is 3.81. The summed E-state index contributed by atoms with van der Waals surface area (Å²) in [5.41, 5.74) is 5.38. The number of hydrogen-bond donors (Lipinski definition) is 2. The molecule has 1 aromatic heterocycles. The molecule has 0 unspecified atom stereocenters. The van der Waals surface area contributed by atoms with E-state index in [0.29, 0.717) is 0 Å². The first-order chi connectivity index (χ1) is 15.1. The van der Waals surface area contributed by atoms with Crippen LogP contribution >= 0.6 is 0 Å². The van der Waals surface area contributed by atoms with E-state index < -0.39 is 0 Å². The van der Waals surface area contributed by atoms with Crippen LogP contribution in [0.5, 0.6) is 0 Å².